The summed E-state index contributed by atoms with van der Waals surface area (Å²) in [5, 5.41) is 7.72. The highest BCUT2D eigenvalue weighted by Crippen LogP contribution is 2.16. The van der Waals surface area contributed by atoms with Gasteiger partial charge in [-0.3, -0.25) is 4.79 Å². The molecule has 1 aliphatic rings. The first-order chi connectivity index (χ1) is 10.2. The summed E-state index contributed by atoms with van der Waals surface area (Å²) in [6.45, 7) is 6.38. The van der Waals surface area contributed by atoms with Gasteiger partial charge >= 0.3 is 0 Å². The minimum atomic E-state index is 0. The van der Waals surface area contributed by atoms with E-state index in [1.165, 1.54) is 0 Å². The number of halogens is 1. The van der Waals surface area contributed by atoms with Crippen molar-refractivity contribution in [3.63, 3.8) is 0 Å². The molecule has 5 nitrogen and oxygen atoms in total. The number of para-hydroxylation sites is 1. The minimum absolute atomic E-state index is 0. The number of carbonyl (C=O) groups is 1. The van der Waals surface area contributed by atoms with Crippen molar-refractivity contribution in [2.45, 2.75) is 19.9 Å². The fourth-order valence-electron chi connectivity index (χ4n) is 2.74. The van der Waals surface area contributed by atoms with E-state index in [4.69, 9.17) is 0 Å². The predicted octanol–water partition coefficient (Wildman–Crippen LogP) is 2.04. The van der Waals surface area contributed by atoms with E-state index in [1.807, 2.05) is 46.8 Å². The average molecular weight is 321 g/mol. The van der Waals surface area contributed by atoms with Crippen LogP contribution >= 0.6 is 12.4 Å². The summed E-state index contributed by atoms with van der Waals surface area (Å²) in [4.78, 5) is 14.6. The molecular weight excluding hydrogens is 300 g/mol. The molecule has 0 bridgehead atoms. The number of hydrogen-bond donors (Lipinski definition) is 1. The van der Waals surface area contributed by atoms with Gasteiger partial charge in [-0.05, 0) is 26.0 Å². The summed E-state index contributed by atoms with van der Waals surface area (Å²) >= 11 is 0. The number of amides is 1. The molecule has 1 unspecified atom stereocenters. The van der Waals surface area contributed by atoms with E-state index in [0.717, 1.165) is 31.0 Å². The van der Waals surface area contributed by atoms with E-state index in [1.54, 1.807) is 6.20 Å². The molecule has 0 aliphatic carbocycles. The average Bonchev–Trinajstić information content (AvgIpc) is 2.89. The monoisotopic (exact) mass is 320 g/mol. The molecule has 1 aromatic carbocycles. The van der Waals surface area contributed by atoms with Gasteiger partial charge in [0.1, 0.15) is 0 Å². The molecule has 1 amide bonds. The van der Waals surface area contributed by atoms with Crippen molar-refractivity contribution in [1.29, 1.82) is 0 Å². The second-order valence-corrected chi connectivity index (χ2v) is 5.50. The number of nitrogens with zero attached hydrogens (tertiary/aromatic N) is 3. The molecule has 3 rings (SSSR count). The van der Waals surface area contributed by atoms with Gasteiger partial charge in [-0.2, -0.15) is 5.10 Å². The fourth-order valence-corrected chi connectivity index (χ4v) is 2.74. The lowest BCUT2D eigenvalue weighted by Gasteiger charge is -2.31. The Labute approximate surface area is 136 Å². The predicted molar refractivity (Wildman–Crippen MR) is 88.9 cm³/mol. The van der Waals surface area contributed by atoms with Gasteiger partial charge in [0.05, 0.1) is 23.1 Å². The Bertz CT molecular complexity index is 641. The van der Waals surface area contributed by atoms with Crippen LogP contribution < -0.4 is 5.32 Å². The number of benzene rings is 1. The topological polar surface area (TPSA) is 50.2 Å². The van der Waals surface area contributed by atoms with Gasteiger partial charge in [0.25, 0.3) is 5.91 Å². The Morgan fingerprint density at radius 1 is 1.32 bits per heavy atom. The van der Waals surface area contributed by atoms with Crippen molar-refractivity contribution in [2.75, 3.05) is 19.6 Å². The molecule has 0 radical (unpaired) electrons. The standard InChI is InChI=1S/C16H20N4O.ClH/c1-12-11-19(9-8-17-12)16(21)15-10-18-20(13(15)2)14-6-4-3-5-7-14;/h3-7,10,12,17H,8-9,11H2,1-2H3;1H. The summed E-state index contributed by atoms with van der Waals surface area (Å²) < 4.78 is 1.82. The van der Waals surface area contributed by atoms with Gasteiger partial charge in [0.2, 0.25) is 0 Å². The number of rotatable bonds is 2. The highest BCUT2D eigenvalue weighted by atomic mass is 35.5. The van der Waals surface area contributed by atoms with E-state index >= 15 is 0 Å². The molecule has 1 fully saturated rings. The maximum atomic E-state index is 12.7. The zero-order chi connectivity index (χ0) is 14.8. The van der Waals surface area contributed by atoms with Crippen molar-refractivity contribution in [3.05, 3.63) is 47.8 Å². The fraction of sp³-hybridized carbons (Fsp3) is 0.375. The second-order valence-electron chi connectivity index (χ2n) is 5.50. The van der Waals surface area contributed by atoms with E-state index < -0.39 is 0 Å². The third-order valence-corrected chi connectivity index (χ3v) is 3.90. The Balaban J connectivity index is 0.00000176. The third kappa shape index (κ3) is 3.15. The van der Waals surface area contributed by atoms with Crippen LogP contribution in [0.25, 0.3) is 5.69 Å². The van der Waals surface area contributed by atoms with Gasteiger partial charge in [0.15, 0.2) is 0 Å². The maximum Gasteiger partial charge on any atom is 0.257 e. The van der Waals surface area contributed by atoms with Crippen molar-refractivity contribution in [3.8, 4) is 5.69 Å². The van der Waals surface area contributed by atoms with E-state index in [2.05, 4.69) is 17.3 Å². The van der Waals surface area contributed by atoms with Crippen LogP contribution in [0.4, 0.5) is 0 Å². The first kappa shape index (κ1) is 16.5. The number of aromatic nitrogens is 2. The largest absolute Gasteiger partial charge is 0.336 e. The van der Waals surface area contributed by atoms with Gasteiger partial charge in [-0.15, -0.1) is 12.4 Å². The molecule has 2 aromatic rings. The lowest BCUT2D eigenvalue weighted by atomic mass is 10.1. The first-order valence-electron chi connectivity index (χ1n) is 7.29. The summed E-state index contributed by atoms with van der Waals surface area (Å²) in [6.07, 6.45) is 1.68. The molecule has 0 spiro atoms. The lowest BCUT2D eigenvalue weighted by molar-refractivity contribution is 0.0708. The van der Waals surface area contributed by atoms with E-state index in [0.29, 0.717) is 11.6 Å². The second kappa shape index (κ2) is 6.94. The van der Waals surface area contributed by atoms with Gasteiger partial charge < -0.3 is 10.2 Å². The lowest BCUT2D eigenvalue weighted by Crippen LogP contribution is -2.51. The molecule has 1 aliphatic heterocycles. The van der Waals surface area contributed by atoms with Crippen LogP contribution in [-0.4, -0.2) is 46.3 Å². The van der Waals surface area contributed by atoms with Crippen molar-refractivity contribution >= 4 is 18.3 Å². The summed E-state index contributed by atoms with van der Waals surface area (Å²) in [6, 6.07) is 10.2. The number of nitrogens with one attached hydrogen (secondary N) is 1. The Morgan fingerprint density at radius 3 is 2.73 bits per heavy atom. The highest BCUT2D eigenvalue weighted by molar-refractivity contribution is 5.95. The quantitative estimate of drug-likeness (QED) is 0.921. The highest BCUT2D eigenvalue weighted by Gasteiger charge is 2.24. The third-order valence-electron chi connectivity index (χ3n) is 3.90. The molecule has 1 atom stereocenters. The number of carbonyl (C=O) groups excluding carboxylic acids is 1. The maximum absolute atomic E-state index is 12.7. The van der Waals surface area contributed by atoms with Gasteiger partial charge in [0, 0.05) is 25.7 Å². The van der Waals surface area contributed by atoms with Crippen molar-refractivity contribution in [1.82, 2.24) is 20.0 Å². The molecule has 6 heteroatoms. The Hall–Kier alpha value is -1.85. The van der Waals surface area contributed by atoms with Crippen molar-refractivity contribution < 1.29 is 4.79 Å². The van der Waals surface area contributed by atoms with Crippen LogP contribution in [0.3, 0.4) is 0 Å². The van der Waals surface area contributed by atoms with Crippen LogP contribution in [-0.2, 0) is 0 Å². The normalized spacial score (nSPS) is 17.9. The van der Waals surface area contributed by atoms with Crippen molar-refractivity contribution in [2.24, 2.45) is 0 Å². The van der Waals surface area contributed by atoms with Crippen LogP contribution in [0, 0.1) is 6.92 Å². The molecule has 1 saturated heterocycles. The summed E-state index contributed by atoms with van der Waals surface area (Å²) in [5.74, 6) is 0.0723. The number of piperazine rings is 1. The molecule has 1 aromatic heterocycles. The smallest absolute Gasteiger partial charge is 0.257 e. The SMILES string of the molecule is Cc1c(C(=O)N2CCNC(C)C2)cnn1-c1ccccc1.Cl. The molecule has 1 N–H and O–H groups in total. The van der Waals surface area contributed by atoms with Crippen LogP contribution in [0.5, 0.6) is 0 Å². The zero-order valence-electron chi connectivity index (χ0n) is 12.8. The summed E-state index contributed by atoms with van der Waals surface area (Å²) in [5.41, 5.74) is 2.55. The molecule has 118 valence electrons. The van der Waals surface area contributed by atoms with Gasteiger partial charge in [-0.1, -0.05) is 18.2 Å². The first-order valence-corrected chi connectivity index (χ1v) is 7.29. The van der Waals surface area contributed by atoms with Gasteiger partial charge in [-0.25, -0.2) is 4.68 Å². The number of hydrogen-bond acceptors (Lipinski definition) is 3. The van der Waals surface area contributed by atoms with Crippen LogP contribution in [0.1, 0.15) is 23.0 Å². The Morgan fingerprint density at radius 2 is 2.05 bits per heavy atom. The Kier molecular flexibility index (Phi) is 5.21. The zero-order valence-corrected chi connectivity index (χ0v) is 13.6. The van der Waals surface area contributed by atoms with E-state index in [-0.39, 0.29) is 18.3 Å². The van der Waals surface area contributed by atoms with Crippen LogP contribution in [0.2, 0.25) is 0 Å². The molecule has 2 heterocycles. The molecule has 0 saturated carbocycles. The molecular formula is C16H21ClN4O. The molecule has 22 heavy (non-hydrogen) atoms. The summed E-state index contributed by atoms with van der Waals surface area (Å²) in [7, 11) is 0. The van der Waals surface area contributed by atoms with E-state index in [9.17, 15) is 4.79 Å². The minimum Gasteiger partial charge on any atom is -0.336 e. The van der Waals surface area contributed by atoms with Crippen LogP contribution in [0.15, 0.2) is 36.5 Å².